The van der Waals surface area contributed by atoms with Crippen LogP contribution in [0.3, 0.4) is 0 Å². The number of hydrogen-bond acceptors (Lipinski definition) is 4. The van der Waals surface area contributed by atoms with Crippen molar-refractivity contribution in [2.24, 2.45) is 0 Å². The molecule has 0 aromatic carbocycles. The fourth-order valence-corrected chi connectivity index (χ4v) is 2.97. The summed E-state index contributed by atoms with van der Waals surface area (Å²) in [7, 11) is 0. The molecule has 0 spiro atoms. The summed E-state index contributed by atoms with van der Waals surface area (Å²) >= 11 is 0. The highest BCUT2D eigenvalue weighted by molar-refractivity contribution is 5.97. The van der Waals surface area contributed by atoms with Gasteiger partial charge in [-0.3, -0.25) is 4.79 Å². The fourth-order valence-electron chi connectivity index (χ4n) is 2.97. The summed E-state index contributed by atoms with van der Waals surface area (Å²) in [6, 6.07) is 3.70. The number of aromatic nitrogens is 2. The van der Waals surface area contributed by atoms with Gasteiger partial charge >= 0.3 is 6.18 Å². The zero-order valence-electron chi connectivity index (χ0n) is 16.3. The first-order valence-corrected chi connectivity index (χ1v) is 9.34. The minimum atomic E-state index is -4.52. The Kier molecular flexibility index (Phi) is 7.37. The Morgan fingerprint density at radius 3 is 2.29 bits per heavy atom. The topological polar surface area (TPSA) is 49.3 Å². The van der Waals surface area contributed by atoms with Gasteiger partial charge in [0.25, 0.3) is 5.91 Å². The van der Waals surface area contributed by atoms with E-state index in [1.54, 1.807) is 0 Å². The number of hydrogen-bond donors (Lipinski definition) is 0. The normalized spacial score (nSPS) is 17.2. The second kappa shape index (κ2) is 9.52. The van der Waals surface area contributed by atoms with Crippen LogP contribution in [0, 0.1) is 6.92 Å². The van der Waals surface area contributed by atoms with Gasteiger partial charge in [0.1, 0.15) is 0 Å². The summed E-state index contributed by atoms with van der Waals surface area (Å²) in [4.78, 5) is 16.1. The van der Waals surface area contributed by atoms with Crippen LogP contribution in [0.25, 0.3) is 0 Å². The summed E-state index contributed by atoms with van der Waals surface area (Å²) in [6.45, 7) is 7.52. The molecule has 1 aliphatic carbocycles. The molecule has 2 aliphatic rings. The maximum Gasteiger partial charge on any atom is 0.413 e. The van der Waals surface area contributed by atoms with Gasteiger partial charge in [-0.05, 0) is 31.6 Å². The maximum atomic E-state index is 13.3. The lowest BCUT2D eigenvalue weighted by Gasteiger charge is -2.35. The molecular weight excluding hydrogens is 369 g/mol. The molecule has 0 N–H and O–H groups in total. The van der Waals surface area contributed by atoms with Crippen molar-refractivity contribution in [3.63, 3.8) is 0 Å². The predicted octanol–water partition coefficient (Wildman–Crippen LogP) is 3.83. The number of amides is 1. The SMILES string of the molecule is CC.Cc1ccc(N2CCN(C(=O)C3=C(C(F)(F)F)CC=CC=C3)CC2)nn1. The standard InChI is InChI=1S/C18H19F3N4O.C2H6/c1-13-7-8-16(23-22-13)24-9-11-25(12-10-24)17(26)14-5-3-2-4-6-15(14)18(19,20)21;1-2/h2-5,7-8H,6,9-12H2,1H3;1-2H3. The number of piperazine rings is 1. The van der Waals surface area contributed by atoms with Crippen molar-refractivity contribution < 1.29 is 18.0 Å². The number of carbonyl (C=O) groups is 1. The van der Waals surface area contributed by atoms with Crippen LogP contribution in [0.5, 0.6) is 0 Å². The van der Waals surface area contributed by atoms with Crippen LogP contribution in [-0.4, -0.2) is 53.4 Å². The van der Waals surface area contributed by atoms with Crippen LogP contribution in [0.4, 0.5) is 19.0 Å². The van der Waals surface area contributed by atoms with E-state index in [1.165, 1.54) is 29.2 Å². The van der Waals surface area contributed by atoms with E-state index in [1.807, 2.05) is 37.8 Å². The number of carbonyl (C=O) groups excluding carboxylic acids is 1. The monoisotopic (exact) mass is 394 g/mol. The molecule has 1 saturated heterocycles. The molecule has 0 bridgehead atoms. The van der Waals surface area contributed by atoms with Crippen LogP contribution in [0.1, 0.15) is 26.0 Å². The number of anilines is 1. The van der Waals surface area contributed by atoms with E-state index < -0.39 is 17.7 Å². The molecule has 0 saturated carbocycles. The van der Waals surface area contributed by atoms with Gasteiger partial charge in [-0.15, -0.1) is 5.10 Å². The Labute approximate surface area is 163 Å². The Bertz CT molecular complexity index is 759. The molecule has 28 heavy (non-hydrogen) atoms. The molecule has 1 aromatic heterocycles. The van der Waals surface area contributed by atoms with Gasteiger partial charge in [-0.1, -0.05) is 32.1 Å². The molecular formula is C20H25F3N4O. The Morgan fingerprint density at radius 1 is 1.04 bits per heavy atom. The Morgan fingerprint density at radius 2 is 1.71 bits per heavy atom. The van der Waals surface area contributed by atoms with Crippen LogP contribution in [0.2, 0.25) is 0 Å². The molecule has 1 amide bonds. The first-order chi connectivity index (χ1) is 13.4. The molecule has 1 aromatic rings. The maximum absolute atomic E-state index is 13.3. The highest BCUT2D eigenvalue weighted by Crippen LogP contribution is 2.33. The summed E-state index contributed by atoms with van der Waals surface area (Å²) in [5.41, 5.74) is -0.256. The second-order valence-electron chi connectivity index (χ2n) is 6.19. The predicted molar refractivity (Wildman–Crippen MR) is 103 cm³/mol. The molecule has 3 rings (SSSR count). The Balaban J connectivity index is 0.00000136. The lowest BCUT2D eigenvalue weighted by Crippen LogP contribution is -2.49. The number of halogens is 3. The molecule has 8 heteroatoms. The minimum absolute atomic E-state index is 0.272. The van der Waals surface area contributed by atoms with E-state index in [2.05, 4.69) is 10.2 Å². The van der Waals surface area contributed by atoms with Crippen molar-refractivity contribution in [1.82, 2.24) is 15.1 Å². The lowest BCUT2D eigenvalue weighted by atomic mass is 10.0. The first-order valence-electron chi connectivity index (χ1n) is 9.34. The van der Waals surface area contributed by atoms with E-state index >= 15 is 0 Å². The minimum Gasteiger partial charge on any atom is -0.352 e. The van der Waals surface area contributed by atoms with E-state index in [0.29, 0.717) is 32.0 Å². The first kappa shape index (κ1) is 21.7. The van der Waals surface area contributed by atoms with Gasteiger partial charge in [-0.2, -0.15) is 18.3 Å². The smallest absolute Gasteiger partial charge is 0.352 e. The zero-order valence-corrected chi connectivity index (χ0v) is 16.3. The summed E-state index contributed by atoms with van der Waals surface area (Å²) in [5.74, 6) is 0.128. The van der Waals surface area contributed by atoms with Crippen molar-refractivity contribution in [2.75, 3.05) is 31.1 Å². The molecule has 1 aliphatic heterocycles. The number of alkyl halides is 3. The molecule has 152 valence electrons. The molecule has 5 nitrogen and oxygen atoms in total. The molecule has 1 fully saturated rings. The van der Waals surface area contributed by atoms with E-state index in [4.69, 9.17) is 0 Å². The van der Waals surface area contributed by atoms with Gasteiger partial charge < -0.3 is 9.80 Å². The summed E-state index contributed by atoms with van der Waals surface area (Å²) < 4.78 is 39.9. The quantitative estimate of drug-likeness (QED) is 0.765. The van der Waals surface area contributed by atoms with Crippen LogP contribution in [-0.2, 0) is 4.79 Å². The highest BCUT2D eigenvalue weighted by Gasteiger charge is 2.38. The fraction of sp³-hybridized carbons (Fsp3) is 0.450. The summed E-state index contributed by atoms with van der Waals surface area (Å²) in [6.07, 6.45) is 0.851. The van der Waals surface area contributed by atoms with E-state index in [-0.39, 0.29) is 12.0 Å². The zero-order chi connectivity index (χ0) is 20.7. The van der Waals surface area contributed by atoms with Gasteiger partial charge in [-0.25, -0.2) is 0 Å². The van der Waals surface area contributed by atoms with Crippen molar-refractivity contribution in [3.8, 4) is 0 Å². The third kappa shape index (κ3) is 5.21. The summed E-state index contributed by atoms with van der Waals surface area (Å²) in [5, 5.41) is 8.12. The molecule has 0 radical (unpaired) electrons. The van der Waals surface area contributed by atoms with Crippen LogP contribution >= 0.6 is 0 Å². The van der Waals surface area contributed by atoms with Crippen molar-refractivity contribution in [3.05, 3.63) is 53.3 Å². The molecule has 0 atom stereocenters. The number of nitrogens with zero attached hydrogens (tertiary/aromatic N) is 4. The van der Waals surface area contributed by atoms with Gasteiger partial charge in [0.05, 0.1) is 5.69 Å². The number of rotatable bonds is 2. The van der Waals surface area contributed by atoms with Gasteiger partial charge in [0, 0.05) is 37.3 Å². The van der Waals surface area contributed by atoms with Crippen molar-refractivity contribution in [2.45, 2.75) is 33.4 Å². The highest BCUT2D eigenvalue weighted by atomic mass is 19.4. The van der Waals surface area contributed by atoms with Gasteiger partial charge in [0.15, 0.2) is 5.82 Å². The average molecular weight is 394 g/mol. The third-order valence-corrected chi connectivity index (χ3v) is 4.40. The van der Waals surface area contributed by atoms with Crippen LogP contribution < -0.4 is 4.90 Å². The number of aryl methyl sites for hydroxylation is 1. The lowest BCUT2D eigenvalue weighted by molar-refractivity contribution is -0.128. The van der Waals surface area contributed by atoms with Gasteiger partial charge in [0.2, 0.25) is 0 Å². The second-order valence-corrected chi connectivity index (χ2v) is 6.19. The molecule has 0 unspecified atom stereocenters. The van der Waals surface area contributed by atoms with Crippen molar-refractivity contribution in [1.29, 1.82) is 0 Å². The molecule has 2 heterocycles. The van der Waals surface area contributed by atoms with E-state index in [0.717, 1.165) is 5.69 Å². The van der Waals surface area contributed by atoms with Crippen LogP contribution in [0.15, 0.2) is 47.6 Å². The largest absolute Gasteiger partial charge is 0.413 e. The van der Waals surface area contributed by atoms with Crippen molar-refractivity contribution >= 4 is 11.7 Å². The Hall–Kier alpha value is -2.64. The number of allylic oxidation sites excluding steroid dienone is 4. The average Bonchev–Trinajstić information content (AvgIpc) is 2.96. The third-order valence-electron chi connectivity index (χ3n) is 4.40. The van der Waals surface area contributed by atoms with E-state index in [9.17, 15) is 18.0 Å².